The van der Waals surface area contributed by atoms with Crippen molar-refractivity contribution in [3.05, 3.63) is 0 Å². The summed E-state index contributed by atoms with van der Waals surface area (Å²) in [4.78, 5) is 0. The first-order valence-corrected chi connectivity index (χ1v) is 7.44. The van der Waals surface area contributed by atoms with Crippen LogP contribution in [0, 0.1) is 11.8 Å². The molecule has 0 amide bonds. The molecule has 2 aliphatic rings. The zero-order valence-corrected chi connectivity index (χ0v) is 11.8. The number of nitrogens with one attached hydrogen (secondary N) is 1. The van der Waals surface area contributed by atoms with Crippen molar-refractivity contribution in [2.75, 3.05) is 13.2 Å². The van der Waals surface area contributed by atoms with Crippen molar-refractivity contribution >= 4 is 0 Å². The molecule has 3 unspecified atom stereocenters. The third-order valence-corrected chi connectivity index (χ3v) is 4.65. The first kappa shape index (κ1) is 13.4. The van der Waals surface area contributed by atoms with Gasteiger partial charge in [0.25, 0.3) is 0 Å². The second-order valence-corrected chi connectivity index (χ2v) is 6.73. The summed E-state index contributed by atoms with van der Waals surface area (Å²) in [5.74, 6) is 1.83. The lowest BCUT2D eigenvalue weighted by Gasteiger charge is -2.37. The summed E-state index contributed by atoms with van der Waals surface area (Å²) >= 11 is 0. The first-order valence-electron chi connectivity index (χ1n) is 7.44. The molecule has 100 valence electrons. The second kappa shape index (κ2) is 5.71. The number of rotatable bonds is 3. The lowest BCUT2D eigenvalue weighted by molar-refractivity contribution is -0.0635. The fourth-order valence-corrected chi connectivity index (χ4v) is 3.42. The summed E-state index contributed by atoms with van der Waals surface area (Å²) in [5, 5.41) is 3.80. The Hall–Kier alpha value is -0.0800. The highest BCUT2D eigenvalue weighted by Gasteiger charge is 2.29. The van der Waals surface area contributed by atoms with Gasteiger partial charge in [0.2, 0.25) is 0 Å². The highest BCUT2D eigenvalue weighted by atomic mass is 16.5. The Balaban J connectivity index is 1.73. The molecule has 1 aliphatic carbocycles. The minimum Gasteiger partial charge on any atom is -0.375 e. The molecule has 1 N–H and O–H groups in total. The van der Waals surface area contributed by atoms with E-state index in [2.05, 4.69) is 26.1 Å². The fourth-order valence-electron chi connectivity index (χ4n) is 3.42. The molecular weight excluding hydrogens is 210 g/mol. The first-order chi connectivity index (χ1) is 8.07. The van der Waals surface area contributed by atoms with Gasteiger partial charge in [0.15, 0.2) is 0 Å². The molecule has 0 aromatic heterocycles. The predicted molar refractivity (Wildman–Crippen MR) is 72.2 cm³/mol. The number of hydrogen-bond donors (Lipinski definition) is 1. The van der Waals surface area contributed by atoms with Crippen LogP contribution in [0.1, 0.15) is 59.3 Å². The number of hydrogen-bond acceptors (Lipinski definition) is 2. The van der Waals surface area contributed by atoms with Crippen molar-refractivity contribution in [2.45, 2.75) is 70.9 Å². The summed E-state index contributed by atoms with van der Waals surface area (Å²) in [6.45, 7) is 9.00. The summed E-state index contributed by atoms with van der Waals surface area (Å²) in [6, 6.07) is 0.674. The molecule has 2 heteroatoms. The van der Waals surface area contributed by atoms with Gasteiger partial charge < -0.3 is 10.1 Å². The molecule has 1 saturated heterocycles. The van der Waals surface area contributed by atoms with Crippen LogP contribution in [-0.4, -0.2) is 24.8 Å². The van der Waals surface area contributed by atoms with Crippen LogP contribution in [0.4, 0.5) is 0 Å². The van der Waals surface area contributed by atoms with Crippen molar-refractivity contribution < 1.29 is 4.74 Å². The Kier molecular flexibility index (Phi) is 4.48. The van der Waals surface area contributed by atoms with Gasteiger partial charge in [-0.2, -0.15) is 0 Å². The topological polar surface area (TPSA) is 21.3 Å². The van der Waals surface area contributed by atoms with E-state index in [-0.39, 0.29) is 5.60 Å². The normalized spacial score (nSPS) is 37.9. The van der Waals surface area contributed by atoms with Crippen LogP contribution < -0.4 is 5.32 Å². The van der Waals surface area contributed by atoms with Crippen LogP contribution in [0.3, 0.4) is 0 Å². The Labute approximate surface area is 107 Å². The lowest BCUT2D eigenvalue weighted by atomic mass is 9.80. The third-order valence-electron chi connectivity index (χ3n) is 4.65. The zero-order chi connectivity index (χ0) is 12.3. The Bertz CT molecular complexity index is 239. The maximum absolute atomic E-state index is 5.77. The standard InChI is InChI=1S/C15H29NO/c1-12-6-4-5-7-13(12)11-16-14-8-9-17-15(2,3)10-14/h12-14,16H,4-11H2,1-3H3. The van der Waals surface area contributed by atoms with Crippen LogP contribution in [-0.2, 0) is 4.74 Å². The van der Waals surface area contributed by atoms with E-state index in [0.29, 0.717) is 6.04 Å². The summed E-state index contributed by atoms with van der Waals surface area (Å²) in [6.07, 6.45) is 8.10. The van der Waals surface area contributed by atoms with E-state index in [1.807, 2.05) is 0 Å². The van der Waals surface area contributed by atoms with Gasteiger partial charge in [-0.3, -0.25) is 0 Å². The molecule has 2 fully saturated rings. The molecule has 0 aromatic rings. The third kappa shape index (κ3) is 3.96. The van der Waals surface area contributed by atoms with Gasteiger partial charge >= 0.3 is 0 Å². The smallest absolute Gasteiger partial charge is 0.0641 e. The predicted octanol–water partition coefficient (Wildman–Crippen LogP) is 3.36. The van der Waals surface area contributed by atoms with E-state index in [4.69, 9.17) is 4.74 Å². The minimum absolute atomic E-state index is 0.0775. The van der Waals surface area contributed by atoms with Gasteiger partial charge in [0.05, 0.1) is 5.60 Å². The van der Waals surface area contributed by atoms with Gasteiger partial charge in [0.1, 0.15) is 0 Å². The minimum atomic E-state index is 0.0775. The van der Waals surface area contributed by atoms with Crippen molar-refractivity contribution in [1.29, 1.82) is 0 Å². The molecule has 3 atom stereocenters. The monoisotopic (exact) mass is 239 g/mol. The largest absolute Gasteiger partial charge is 0.375 e. The van der Waals surface area contributed by atoms with Crippen LogP contribution in [0.5, 0.6) is 0 Å². The maximum Gasteiger partial charge on any atom is 0.0641 e. The van der Waals surface area contributed by atoms with Crippen molar-refractivity contribution in [1.82, 2.24) is 5.32 Å². The number of ether oxygens (including phenoxy) is 1. The van der Waals surface area contributed by atoms with Crippen molar-refractivity contribution in [2.24, 2.45) is 11.8 Å². The van der Waals surface area contributed by atoms with E-state index in [1.165, 1.54) is 38.6 Å². The molecule has 17 heavy (non-hydrogen) atoms. The molecule has 1 heterocycles. The van der Waals surface area contributed by atoms with Gasteiger partial charge in [-0.05, 0) is 51.5 Å². The van der Waals surface area contributed by atoms with Crippen molar-refractivity contribution in [3.8, 4) is 0 Å². The van der Waals surface area contributed by atoms with Gasteiger partial charge in [-0.25, -0.2) is 0 Å². The molecule has 0 spiro atoms. The van der Waals surface area contributed by atoms with Crippen molar-refractivity contribution in [3.63, 3.8) is 0 Å². The second-order valence-electron chi connectivity index (χ2n) is 6.73. The lowest BCUT2D eigenvalue weighted by Crippen LogP contribution is -2.45. The van der Waals surface area contributed by atoms with Gasteiger partial charge in [-0.1, -0.05) is 26.2 Å². The average molecular weight is 239 g/mol. The molecule has 2 nitrogen and oxygen atoms in total. The zero-order valence-electron chi connectivity index (χ0n) is 11.8. The van der Waals surface area contributed by atoms with E-state index in [0.717, 1.165) is 24.9 Å². The highest BCUT2D eigenvalue weighted by molar-refractivity contribution is 4.84. The summed E-state index contributed by atoms with van der Waals surface area (Å²) in [7, 11) is 0. The molecule has 1 aliphatic heterocycles. The van der Waals surface area contributed by atoms with E-state index in [9.17, 15) is 0 Å². The summed E-state index contributed by atoms with van der Waals surface area (Å²) in [5.41, 5.74) is 0.0775. The summed E-state index contributed by atoms with van der Waals surface area (Å²) < 4.78 is 5.77. The van der Waals surface area contributed by atoms with Crippen LogP contribution in [0.2, 0.25) is 0 Å². The molecule has 1 saturated carbocycles. The SMILES string of the molecule is CC1CCCCC1CNC1CCOC(C)(C)C1. The van der Waals surface area contributed by atoms with E-state index < -0.39 is 0 Å². The van der Waals surface area contributed by atoms with Crippen LogP contribution in [0.15, 0.2) is 0 Å². The Morgan fingerprint density at radius 1 is 1.18 bits per heavy atom. The Morgan fingerprint density at radius 2 is 1.94 bits per heavy atom. The van der Waals surface area contributed by atoms with E-state index in [1.54, 1.807) is 0 Å². The van der Waals surface area contributed by atoms with Crippen LogP contribution in [0.25, 0.3) is 0 Å². The molecular formula is C15H29NO. The molecule has 0 aromatic carbocycles. The van der Waals surface area contributed by atoms with Gasteiger partial charge in [-0.15, -0.1) is 0 Å². The maximum atomic E-state index is 5.77. The quantitative estimate of drug-likeness (QED) is 0.815. The Morgan fingerprint density at radius 3 is 2.65 bits per heavy atom. The van der Waals surface area contributed by atoms with Gasteiger partial charge in [0, 0.05) is 12.6 Å². The molecule has 2 rings (SSSR count). The molecule has 0 radical (unpaired) electrons. The highest BCUT2D eigenvalue weighted by Crippen LogP contribution is 2.30. The average Bonchev–Trinajstić information content (AvgIpc) is 2.27. The fraction of sp³-hybridized carbons (Fsp3) is 1.00. The van der Waals surface area contributed by atoms with Crippen LogP contribution >= 0.6 is 0 Å². The molecule has 0 bridgehead atoms. The van der Waals surface area contributed by atoms with E-state index >= 15 is 0 Å².